The lowest BCUT2D eigenvalue weighted by atomic mass is 9.96. The molecule has 0 aromatic heterocycles. The third-order valence-corrected chi connectivity index (χ3v) is 3.98. The van der Waals surface area contributed by atoms with Crippen LogP contribution in [0.3, 0.4) is 0 Å². The molecule has 2 rings (SSSR count). The van der Waals surface area contributed by atoms with Crippen LogP contribution in [-0.4, -0.2) is 24.0 Å². The van der Waals surface area contributed by atoms with Gasteiger partial charge in [-0.2, -0.15) is 5.26 Å². The predicted octanol–water partition coefficient (Wildman–Crippen LogP) is 2.94. The zero-order valence-corrected chi connectivity index (χ0v) is 9.62. The molecule has 1 atom stereocenters. The molecular formula is C13H22N2. The Morgan fingerprint density at radius 1 is 0.933 bits per heavy atom. The molecule has 1 aliphatic heterocycles. The topological polar surface area (TPSA) is 27.0 Å². The lowest BCUT2D eigenvalue weighted by molar-refractivity contribution is 0.129. The van der Waals surface area contributed by atoms with Gasteiger partial charge in [0.05, 0.1) is 12.0 Å². The van der Waals surface area contributed by atoms with Crippen molar-refractivity contribution in [1.82, 2.24) is 4.90 Å². The minimum Gasteiger partial charge on any atom is -0.299 e. The maximum Gasteiger partial charge on any atom is 0.0669 e. The third kappa shape index (κ3) is 2.95. The van der Waals surface area contributed by atoms with Crippen molar-refractivity contribution in [2.24, 2.45) is 5.92 Å². The molecule has 2 aliphatic rings. The van der Waals surface area contributed by atoms with Crippen molar-refractivity contribution in [3.05, 3.63) is 0 Å². The molecule has 0 spiro atoms. The van der Waals surface area contributed by atoms with Gasteiger partial charge in [-0.1, -0.05) is 25.7 Å². The molecule has 0 bridgehead atoms. The summed E-state index contributed by atoms with van der Waals surface area (Å²) in [6, 6.07) is 3.24. The molecule has 0 amide bonds. The molecule has 15 heavy (non-hydrogen) atoms. The first-order chi connectivity index (χ1) is 7.40. The van der Waals surface area contributed by atoms with E-state index in [0.29, 0.717) is 5.92 Å². The number of hydrogen-bond acceptors (Lipinski definition) is 2. The van der Waals surface area contributed by atoms with Crippen molar-refractivity contribution >= 4 is 0 Å². The van der Waals surface area contributed by atoms with E-state index in [1.807, 2.05) is 0 Å². The molecule has 2 fully saturated rings. The maximum absolute atomic E-state index is 8.99. The van der Waals surface area contributed by atoms with Crippen molar-refractivity contribution < 1.29 is 0 Å². The molecule has 84 valence electrons. The minimum absolute atomic E-state index is 0.307. The van der Waals surface area contributed by atoms with Gasteiger partial charge < -0.3 is 0 Å². The van der Waals surface area contributed by atoms with E-state index in [4.69, 9.17) is 5.26 Å². The number of nitrogens with zero attached hydrogens (tertiary/aromatic N) is 2. The number of likely N-dealkylation sites (tertiary alicyclic amines) is 1. The van der Waals surface area contributed by atoms with Crippen LogP contribution < -0.4 is 0 Å². The van der Waals surface area contributed by atoms with Gasteiger partial charge in [0.15, 0.2) is 0 Å². The van der Waals surface area contributed by atoms with Crippen LogP contribution in [0.4, 0.5) is 0 Å². The third-order valence-electron chi connectivity index (χ3n) is 3.98. The second-order valence-corrected chi connectivity index (χ2v) is 5.11. The molecule has 0 N–H and O–H groups in total. The highest BCUT2D eigenvalue weighted by Gasteiger charge is 2.25. The minimum atomic E-state index is 0.307. The highest BCUT2D eigenvalue weighted by atomic mass is 15.2. The van der Waals surface area contributed by atoms with Crippen molar-refractivity contribution in [3.8, 4) is 6.07 Å². The van der Waals surface area contributed by atoms with Crippen molar-refractivity contribution in [2.45, 2.75) is 57.4 Å². The van der Waals surface area contributed by atoms with Gasteiger partial charge in [-0.25, -0.2) is 0 Å². The Labute approximate surface area is 93.3 Å². The molecule has 0 aromatic carbocycles. The number of rotatable bonds is 1. The zero-order valence-electron chi connectivity index (χ0n) is 9.62. The standard InChI is InChI=1S/C13H22N2/c14-10-12-6-5-9-15(11-12)13-7-3-1-2-4-8-13/h12-13H,1-9,11H2. The van der Waals surface area contributed by atoms with Gasteiger partial charge in [0.1, 0.15) is 0 Å². The molecule has 1 aliphatic carbocycles. The number of piperidine rings is 1. The number of nitriles is 1. The van der Waals surface area contributed by atoms with Crippen LogP contribution >= 0.6 is 0 Å². The largest absolute Gasteiger partial charge is 0.299 e. The molecule has 2 heteroatoms. The van der Waals surface area contributed by atoms with Gasteiger partial charge in [0, 0.05) is 12.6 Å². The van der Waals surface area contributed by atoms with Crippen LogP contribution in [0.1, 0.15) is 51.4 Å². The van der Waals surface area contributed by atoms with Crippen LogP contribution in [0.2, 0.25) is 0 Å². The molecule has 1 saturated carbocycles. The molecule has 0 radical (unpaired) electrons. The summed E-state index contributed by atoms with van der Waals surface area (Å²) in [4.78, 5) is 2.60. The normalized spacial score (nSPS) is 30.7. The monoisotopic (exact) mass is 206 g/mol. The molecule has 1 saturated heterocycles. The summed E-state index contributed by atoms with van der Waals surface area (Å²) < 4.78 is 0. The van der Waals surface area contributed by atoms with Crippen LogP contribution in [0.5, 0.6) is 0 Å². The second-order valence-electron chi connectivity index (χ2n) is 5.11. The van der Waals surface area contributed by atoms with Gasteiger partial charge in [-0.3, -0.25) is 4.90 Å². The summed E-state index contributed by atoms with van der Waals surface area (Å²) in [5.74, 6) is 0.307. The summed E-state index contributed by atoms with van der Waals surface area (Å²) in [5.41, 5.74) is 0. The Morgan fingerprint density at radius 3 is 2.33 bits per heavy atom. The second kappa shape index (κ2) is 5.51. The Balaban J connectivity index is 1.88. The smallest absolute Gasteiger partial charge is 0.0669 e. The van der Waals surface area contributed by atoms with Crippen LogP contribution in [0.25, 0.3) is 0 Å². The summed E-state index contributed by atoms with van der Waals surface area (Å²) in [6.07, 6.45) is 10.7. The lowest BCUT2D eigenvalue weighted by Crippen LogP contribution is -2.42. The fourth-order valence-electron chi connectivity index (χ4n) is 3.07. The Morgan fingerprint density at radius 2 is 1.67 bits per heavy atom. The summed E-state index contributed by atoms with van der Waals surface area (Å²) in [6.45, 7) is 2.28. The molecule has 0 aromatic rings. The predicted molar refractivity (Wildman–Crippen MR) is 61.4 cm³/mol. The first-order valence-corrected chi connectivity index (χ1v) is 6.54. The average Bonchev–Trinajstić information content (AvgIpc) is 2.58. The van der Waals surface area contributed by atoms with E-state index in [-0.39, 0.29) is 0 Å². The van der Waals surface area contributed by atoms with E-state index in [2.05, 4.69) is 11.0 Å². The van der Waals surface area contributed by atoms with Crippen LogP contribution in [0.15, 0.2) is 0 Å². The summed E-state index contributed by atoms with van der Waals surface area (Å²) >= 11 is 0. The molecule has 1 unspecified atom stereocenters. The van der Waals surface area contributed by atoms with Crippen LogP contribution in [-0.2, 0) is 0 Å². The number of hydrogen-bond donors (Lipinski definition) is 0. The van der Waals surface area contributed by atoms with E-state index in [9.17, 15) is 0 Å². The van der Waals surface area contributed by atoms with E-state index < -0.39 is 0 Å². The zero-order chi connectivity index (χ0) is 10.5. The summed E-state index contributed by atoms with van der Waals surface area (Å²) in [5, 5.41) is 8.99. The fourth-order valence-corrected chi connectivity index (χ4v) is 3.07. The lowest BCUT2D eigenvalue weighted by Gasteiger charge is -2.36. The van der Waals surface area contributed by atoms with E-state index >= 15 is 0 Å². The highest BCUT2D eigenvalue weighted by molar-refractivity contribution is 4.90. The van der Waals surface area contributed by atoms with Gasteiger partial charge >= 0.3 is 0 Å². The Bertz CT molecular complexity index is 223. The molecule has 2 nitrogen and oxygen atoms in total. The molecular weight excluding hydrogens is 184 g/mol. The van der Waals surface area contributed by atoms with Crippen molar-refractivity contribution in [1.29, 1.82) is 5.26 Å². The van der Waals surface area contributed by atoms with E-state index in [0.717, 1.165) is 19.0 Å². The Kier molecular flexibility index (Phi) is 4.02. The summed E-state index contributed by atoms with van der Waals surface area (Å²) in [7, 11) is 0. The van der Waals surface area contributed by atoms with Crippen molar-refractivity contribution in [2.75, 3.05) is 13.1 Å². The van der Waals surface area contributed by atoms with E-state index in [1.165, 1.54) is 51.5 Å². The Hall–Kier alpha value is -0.550. The molecule has 1 heterocycles. The fraction of sp³-hybridized carbons (Fsp3) is 0.923. The average molecular weight is 206 g/mol. The van der Waals surface area contributed by atoms with Gasteiger partial charge in [0.2, 0.25) is 0 Å². The highest BCUT2D eigenvalue weighted by Crippen LogP contribution is 2.26. The first kappa shape index (κ1) is 11.0. The van der Waals surface area contributed by atoms with Gasteiger partial charge in [-0.05, 0) is 32.2 Å². The quantitative estimate of drug-likeness (QED) is 0.617. The van der Waals surface area contributed by atoms with Gasteiger partial charge in [-0.15, -0.1) is 0 Å². The van der Waals surface area contributed by atoms with Gasteiger partial charge in [0.25, 0.3) is 0 Å². The van der Waals surface area contributed by atoms with Crippen LogP contribution in [0, 0.1) is 17.2 Å². The SMILES string of the molecule is N#CC1CCCN(C2CCCCCC2)C1. The maximum atomic E-state index is 8.99. The van der Waals surface area contributed by atoms with Crippen molar-refractivity contribution in [3.63, 3.8) is 0 Å². The first-order valence-electron chi connectivity index (χ1n) is 6.54. The van der Waals surface area contributed by atoms with E-state index in [1.54, 1.807) is 0 Å².